The van der Waals surface area contributed by atoms with E-state index in [0.717, 1.165) is 30.0 Å². The van der Waals surface area contributed by atoms with Crippen LogP contribution in [0.15, 0.2) is 54.9 Å². The molecular weight excluding hydrogens is 393 g/mol. The highest BCUT2D eigenvalue weighted by atomic mass is 19.1. The lowest BCUT2D eigenvalue weighted by Crippen LogP contribution is -2.08. The topological polar surface area (TPSA) is 75.9 Å². The molecule has 0 aliphatic carbocycles. The number of benzene rings is 2. The molecule has 1 aromatic heterocycles. The Morgan fingerprint density at radius 3 is 2.39 bits per heavy atom. The van der Waals surface area contributed by atoms with Gasteiger partial charge in [0.15, 0.2) is 5.82 Å². The van der Waals surface area contributed by atoms with E-state index < -0.39 is 11.8 Å². The average Bonchev–Trinajstić information content (AvgIpc) is 2.79. The second kappa shape index (κ2) is 11.0. The predicted octanol–water partition coefficient (Wildman–Crippen LogP) is 5.89. The summed E-state index contributed by atoms with van der Waals surface area (Å²) in [7, 11) is 0. The maximum absolute atomic E-state index is 13.7. The number of halogens is 1. The molecule has 0 unspecified atom stereocenters. The number of hydrogen-bond donors (Lipinski definition) is 0. The molecular formula is C25H24FN3O2. The summed E-state index contributed by atoms with van der Waals surface area (Å²) >= 11 is 0. The summed E-state index contributed by atoms with van der Waals surface area (Å²) < 4.78 is 18.8. The van der Waals surface area contributed by atoms with Gasteiger partial charge in [-0.2, -0.15) is 5.26 Å². The number of nitrogens with zero attached hydrogens (tertiary/aromatic N) is 3. The molecule has 3 aromatic rings. The van der Waals surface area contributed by atoms with Crippen LogP contribution in [0.2, 0.25) is 0 Å². The van der Waals surface area contributed by atoms with Crippen molar-refractivity contribution in [2.75, 3.05) is 0 Å². The molecule has 0 bridgehead atoms. The first-order valence-electron chi connectivity index (χ1n) is 10.4. The van der Waals surface area contributed by atoms with E-state index in [4.69, 9.17) is 10.00 Å². The monoisotopic (exact) mass is 417 g/mol. The smallest absolute Gasteiger partial charge is 0.343 e. The standard InChI is InChI=1S/C25H24FN3O2/c1-2-3-4-5-6-7-18-16-28-24(29-17-18)19-8-10-20(11-9-19)25(30)31-22-13-12-21(15-27)23(26)14-22/h8-14,16-17H,2-7H2,1H3. The number of unbranched alkanes of at least 4 members (excludes halogenated alkanes) is 4. The number of hydrogen-bond acceptors (Lipinski definition) is 5. The highest BCUT2D eigenvalue weighted by molar-refractivity contribution is 5.91. The molecule has 3 rings (SSSR count). The van der Waals surface area contributed by atoms with E-state index in [0.29, 0.717) is 11.4 Å². The van der Waals surface area contributed by atoms with Gasteiger partial charge in [0.25, 0.3) is 0 Å². The highest BCUT2D eigenvalue weighted by Crippen LogP contribution is 2.20. The summed E-state index contributed by atoms with van der Waals surface area (Å²) in [5.41, 5.74) is 2.12. The van der Waals surface area contributed by atoms with E-state index in [-0.39, 0.29) is 11.3 Å². The van der Waals surface area contributed by atoms with Gasteiger partial charge in [0.1, 0.15) is 17.6 Å². The lowest BCUT2D eigenvalue weighted by Gasteiger charge is -2.06. The molecule has 0 aliphatic rings. The maximum atomic E-state index is 13.7. The number of nitriles is 1. The maximum Gasteiger partial charge on any atom is 0.343 e. The largest absolute Gasteiger partial charge is 0.423 e. The quantitative estimate of drug-likeness (QED) is 0.247. The Hall–Kier alpha value is -3.59. The van der Waals surface area contributed by atoms with Crippen LogP contribution in [-0.2, 0) is 6.42 Å². The van der Waals surface area contributed by atoms with E-state index in [1.165, 1.54) is 37.8 Å². The summed E-state index contributed by atoms with van der Waals surface area (Å²) in [6.07, 6.45) is 10.8. The lowest BCUT2D eigenvalue weighted by molar-refractivity contribution is 0.0734. The third-order valence-corrected chi connectivity index (χ3v) is 4.92. The summed E-state index contributed by atoms with van der Waals surface area (Å²) in [6.45, 7) is 2.21. The molecule has 0 aliphatic heterocycles. The highest BCUT2D eigenvalue weighted by Gasteiger charge is 2.12. The molecule has 158 valence electrons. The normalized spacial score (nSPS) is 10.5. The van der Waals surface area contributed by atoms with Gasteiger partial charge in [-0.25, -0.2) is 19.2 Å². The zero-order valence-electron chi connectivity index (χ0n) is 17.5. The Morgan fingerprint density at radius 1 is 1.03 bits per heavy atom. The molecule has 0 saturated carbocycles. The number of aromatic nitrogens is 2. The van der Waals surface area contributed by atoms with Gasteiger partial charge in [-0.05, 0) is 42.7 Å². The number of aryl methyl sites for hydroxylation is 1. The van der Waals surface area contributed by atoms with Gasteiger partial charge in [0.2, 0.25) is 0 Å². The molecule has 0 fully saturated rings. The minimum absolute atomic E-state index is 0.0409. The van der Waals surface area contributed by atoms with Crippen LogP contribution in [0.25, 0.3) is 11.4 Å². The molecule has 2 aromatic carbocycles. The summed E-state index contributed by atoms with van der Waals surface area (Å²) in [4.78, 5) is 21.2. The molecule has 0 amide bonds. The van der Waals surface area contributed by atoms with E-state index in [1.54, 1.807) is 30.3 Å². The third-order valence-electron chi connectivity index (χ3n) is 4.92. The van der Waals surface area contributed by atoms with Crippen LogP contribution < -0.4 is 4.74 Å². The van der Waals surface area contributed by atoms with Crippen LogP contribution in [0.3, 0.4) is 0 Å². The van der Waals surface area contributed by atoms with Gasteiger partial charge in [-0.15, -0.1) is 0 Å². The Bertz CT molecular complexity index is 1060. The Labute approximate surface area is 181 Å². The molecule has 5 nitrogen and oxygen atoms in total. The fraction of sp³-hybridized carbons (Fsp3) is 0.280. The fourth-order valence-corrected chi connectivity index (χ4v) is 3.14. The van der Waals surface area contributed by atoms with Crippen molar-refractivity contribution in [3.05, 3.63) is 77.4 Å². The van der Waals surface area contributed by atoms with Crippen molar-refractivity contribution in [2.45, 2.75) is 45.4 Å². The number of rotatable bonds is 9. The van der Waals surface area contributed by atoms with Crippen LogP contribution in [-0.4, -0.2) is 15.9 Å². The minimum atomic E-state index is -0.732. The number of ether oxygens (including phenoxy) is 1. The van der Waals surface area contributed by atoms with Gasteiger partial charge in [-0.3, -0.25) is 0 Å². The molecule has 6 heteroatoms. The van der Waals surface area contributed by atoms with Gasteiger partial charge < -0.3 is 4.74 Å². The molecule has 0 N–H and O–H groups in total. The second-order valence-corrected chi connectivity index (χ2v) is 7.30. The van der Waals surface area contributed by atoms with Crippen molar-refractivity contribution in [3.8, 4) is 23.2 Å². The lowest BCUT2D eigenvalue weighted by atomic mass is 10.1. The van der Waals surface area contributed by atoms with Crippen LogP contribution in [0.4, 0.5) is 4.39 Å². The Kier molecular flexibility index (Phi) is 7.83. The summed E-state index contributed by atoms with van der Waals surface area (Å²) in [5, 5.41) is 8.76. The van der Waals surface area contributed by atoms with Crippen molar-refractivity contribution in [1.29, 1.82) is 5.26 Å². The summed E-state index contributed by atoms with van der Waals surface area (Å²) in [6, 6.07) is 12.1. The van der Waals surface area contributed by atoms with Crippen molar-refractivity contribution in [3.63, 3.8) is 0 Å². The average molecular weight is 417 g/mol. The molecule has 1 heterocycles. The van der Waals surface area contributed by atoms with Crippen molar-refractivity contribution in [1.82, 2.24) is 9.97 Å². The number of carbonyl (C=O) groups excluding carboxylic acids is 1. The van der Waals surface area contributed by atoms with Crippen LogP contribution in [0, 0.1) is 17.1 Å². The zero-order chi connectivity index (χ0) is 22.1. The SMILES string of the molecule is CCCCCCCc1cnc(-c2ccc(C(=O)Oc3ccc(C#N)c(F)c3)cc2)nc1. The second-order valence-electron chi connectivity index (χ2n) is 7.30. The van der Waals surface area contributed by atoms with E-state index in [9.17, 15) is 9.18 Å². The molecule has 0 saturated heterocycles. The molecule has 0 spiro atoms. The van der Waals surface area contributed by atoms with Crippen LogP contribution in [0.5, 0.6) is 5.75 Å². The first-order valence-corrected chi connectivity index (χ1v) is 10.4. The Balaban J connectivity index is 1.58. The number of esters is 1. The van der Waals surface area contributed by atoms with E-state index in [1.807, 2.05) is 12.4 Å². The van der Waals surface area contributed by atoms with Gasteiger partial charge in [-0.1, -0.05) is 44.7 Å². The third kappa shape index (κ3) is 6.19. The van der Waals surface area contributed by atoms with Crippen molar-refractivity contribution >= 4 is 5.97 Å². The summed E-state index contributed by atoms with van der Waals surface area (Å²) in [5.74, 6) is -0.720. The number of carbonyl (C=O) groups is 1. The van der Waals surface area contributed by atoms with Gasteiger partial charge >= 0.3 is 5.97 Å². The predicted molar refractivity (Wildman–Crippen MR) is 116 cm³/mol. The van der Waals surface area contributed by atoms with Crippen LogP contribution in [0.1, 0.15) is 60.5 Å². The van der Waals surface area contributed by atoms with Crippen molar-refractivity contribution < 1.29 is 13.9 Å². The fourth-order valence-electron chi connectivity index (χ4n) is 3.14. The molecule has 31 heavy (non-hydrogen) atoms. The van der Waals surface area contributed by atoms with Crippen molar-refractivity contribution in [2.24, 2.45) is 0 Å². The first kappa shape index (κ1) is 22.1. The van der Waals surface area contributed by atoms with Gasteiger partial charge in [0, 0.05) is 24.0 Å². The first-order chi connectivity index (χ1) is 15.1. The van der Waals surface area contributed by atoms with Gasteiger partial charge in [0.05, 0.1) is 11.1 Å². The minimum Gasteiger partial charge on any atom is -0.423 e. The Morgan fingerprint density at radius 2 is 1.74 bits per heavy atom. The van der Waals surface area contributed by atoms with E-state index >= 15 is 0 Å². The zero-order valence-corrected chi connectivity index (χ0v) is 17.5. The molecule has 0 radical (unpaired) electrons. The molecule has 0 atom stereocenters. The van der Waals surface area contributed by atoms with E-state index in [2.05, 4.69) is 16.9 Å². The van der Waals surface area contributed by atoms with Crippen LogP contribution >= 0.6 is 0 Å².